The molecule has 0 aliphatic carbocycles. The average molecular weight is 264 g/mol. The van der Waals surface area contributed by atoms with E-state index in [4.69, 9.17) is 4.74 Å². The van der Waals surface area contributed by atoms with Crippen LogP contribution in [-0.2, 0) is 16.1 Å². The van der Waals surface area contributed by atoms with E-state index < -0.39 is 0 Å². The lowest BCUT2D eigenvalue weighted by Crippen LogP contribution is -2.35. The summed E-state index contributed by atoms with van der Waals surface area (Å²) in [5.74, 6) is -0.000493. The van der Waals surface area contributed by atoms with Crippen molar-refractivity contribution in [2.75, 3.05) is 26.8 Å². The zero-order chi connectivity index (χ0) is 14.3. The molecule has 1 rings (SSSR count). The van der Waals surface area contributed by atoms with Crippen LogP contribution in [0.4, 0.5) is 0 Å². The Hall–Kier alpha value is -1.39. The van der Waals surface area contributed by atoms with Gasteiger partial charge in [0.05, 0.1) is 13.2 Å². The van der Waals surface area contributed by atoms with E-state index in [1.807, 2.05) is 0 Å². The lowest BCUT2D eigenvalue weighted by Gasteiger charge is -2.12. The normalized spacial score (nSPS) is 10.5. The van der Waals surface area contributed by atoms with Gasteiger partial charge in [0.15, 0.2) is 0 Å². The molecule has 0 saturated heterocycles. The third-order valence-corrected chi connectivity index (χ3v) is 3.06. The van der Waals surface area contributed by atoms with Crippen molar-refractivity contribution < 1.29 is 9.53 Å². The number of carbonyl (C=O) groups is 1. The van der Waals surface area contributed by atoms with Gasteiger partial charge in [-0.2, -0.15) is 0 Å². The van der Waals surface area contributed by atoms with Gasteiger partial charge in [0, 0.05) is 20.2 Å². The average Bonchev–Trinajstić information content (AvgIpc) is 2.32. The van der Waals surface area contributed by atoms with Crippen molar-refractivity contribution in [3.63, 3.8) is 0 Å². The number of benzene rings is 1. The standard InChI is InChI=1S/C15H24N2O2/c1-11-7-12(2)14(13(3)8-11)9-16-10-15(18)17-5-6-19-4/h7-8,16H,5-6,9-10H2,1-4H3,(H,17,18). The van der Waals surface area contributed by atoms with Gasteiger partial charge in [0.2, 0.25) is 5.91 Å². The summed E-state index contributed by atoms with van der Waals surface area (Å²) in [6, 6.07) is 4.34. The highest BCUT2D eigenvalue weighted by atomic mass is 16.5. The highest BCUT2D eigenvalue weighted by Gasteiger charge is 2.05. The van der Waals surface area contributed by atoms with E-state index in [0.29, 0.717) is 19.7 Å². The largest absolute Gasteiger partial charge is 0.383 e. The fourth-order valence-electron chi connectivity index (χ4n) is 2.14. The Labute approximate surface area is 115 Å². The van der Waals surface area contributed by atoms with Gasteiger partial charge in [-0.15, -0.1) is 0 Å². The van der Waals surface area contributed by atoms with Crippen LogP contribution in [-0.4, -0.2) is 32.7 Å². The summed E-state index contributed by atoms with van der Waals surface area (Å²) in [6.45, 7) is 8.46. The molecule has 0 radical (unpaired) electrons. The third-order valence-electron chi connectivity index (χ3n) is 3.06. The van der Waals surface area contributed by atoms with Crippen LogP contribution >= 0.6 is 0 Å². The number of nitrogens with one attached hydrogen (secondary N) is 2. The van der Waals surface area contributed by atoms with Gasteiger partial charge in [-0.25, -0.2) is 0 Å². The minimum absolute atomic E-state index is 0.000493. The van der Waals surface area contributed by atoms with Crippen molar-refractivity contribution in [2.45, 2.75) is 27.3 Å². The zero-order valence-electron chi connectivity index (χ0n) is 12.3. The second kappa shape index (κ2) is 7.92. The van der Waals surface area contributed by atoms with Crippen molar-refractivity contribution in [3.05, 3.63) is 34.4 Å². The van der Waals surface area contributed by atoms with E-state index in [-0.39, 0.29) is 5.91 Å². The molecule has 0 saturated carbocycles. The highest BCUT2D eigenvalue weighted by molar-refractivity contribution is 5.77. The third kappa shape index (κ3) is 5.41. The predicted octanol–water partition coefficient (Wildman–Crippen LogP) is 1.46. The number of carbonyl (C=O) groups excluding carboxylic acids is 1. The van der Waals surface area contributed by atoms with E-state index >= 15 is 0 Å². The fraction of sp³-hybridized carbons (Fsp3) is 0.533. The maximum absolute atomic E-state index is 11.5. The Bertz CT molecular complexity index is 407. The zero-order valence-corrected chi connectivity index (χ0v) is 12.3. The maximum Gasteiger partial charge on any atom is 0.234 e. The van der Waals surface area contributed by atoms with Crippen LogP contribution < -0.4 is 10.6 Å². The molecule has 106 valence electrons. The van der Waals surface area contributed by atoms with Gasteiger partial charge in [0.25, 0.3) is 0 Å². The summed E-state index contributed by atoms with van der Waals surface area (Å²) in [4.78, 5) is 11.5. The van der Waals surface area contributed by atoms with Crippen LogP contribution in [0.3, 0.4) is 0 Å². The van der Waals surface area contributed by atoms with Crippen molar-refractivity contribution in [3.8, 4) is 0 Å². The number of hydrogen-bond donors (Lipinski definition) is 2. The Kier molecular flexibility index (Phi) is 6.53. The molecular weight excluding hydrogens is 240 g/mol. The first-order chi connectivity index (χ1) is 9.04. The Morgan fingerprint density at radius 3 is 2.42 bits per heavy atom. The lowest BCUT2D eigenvalue weighted by molar-refractivity contribution is -0.120. The van der Waals surface area contributed by atoms with Crippen LogP contribution in [0.5, 0.6) is 0 Å². The second-order valence-corrected chi connectivity index (χ2v) is 4.82. The molecule has 0 aliphatic heterocycles. The number of hydrogen-bond acceptors (Lipinski definition) is 3. The molecule has 1 aromatic carbocycles. The van der Waals surface area contributed by atoms with Crippen molar-refractivity contribution in [2.24, 2.45) is 0 Å². The molecule has 0 bridgehead atoms. The van der Waals surface area contributed by atoms with Crippen molar-refractivity contribution in [1.29, 1.82) is 0 Å². The Morgan fingerprint density at radius 1 is 1.21 bits per heavy atom. The molecule has 19 heavy (non-hydrogen) atoms. The number of ether oxygens (including phenoxy) is 1. The molecule has 0 heterocycles. The molecule has 1 aromatic rings. The molecular formula is C15H24N2O2. The molecule has 0 unspecified atom stereocenters. The highest BCUT2D eigenvalue weighted by Crippen LogP contribution is 2.15. The minimum Gasteiger partial charge on any atom is -0.383 e. The van der Waals surface area contributed by atoms with E-state index in [1.165, 1.54) is 22.3 Å². The van der Waals surface area contributed by atoms with Crippen LogP contribution in [0.15, 0.2) is 12.1 Å². The van der Waals surface area contributed by atoms with E-state index in [1.54, 1.807) is 7.11 Å². The molecule has 0 fully saturated rings. The van der Waals surface area contributed by atoms with E-state index in [2.05, 4.69) is 43.5 Å². The van der Waals surface area contributed by atoms with Gasteiger partial charge in [-0.05, 0) is 37.5 Å². The van der Waals surface area contributed by atoms with E-state index in [9.17, 15) is 4.79 Å². The molecule has 0 aromatic heterocycles. The lowest BCUT2D eigenvalue weighted by atomic mass is 10.00. The van der Waals surface area contributed by atoms with Gasteiger partial charge in [-0.1, -0.05) is 17.7 Å². The van der Waals surface area contributed by atoms with Crippen LogP contribution in [0.1, 0.15) is 22.3 Å². The first kappa shape index (κ1) is 15.7. The molecule has 1 amide bonds. The van der Waals surface area contributed by atoms with Gasteiger partial charge < -0.3 is 15.4 Å². The Balaban J connectivity index is 2.39. The van der Waals surface area contributed by atoms with Gasteiger partial charge >= 0.3 is 0 Å². The smallest absolute Gasteiger partial charge is 0.234 e. The molecule has 2 N–H and O–H groups in total. The van der Waals surface area contributed by atoms with Crippen LogP contribution in [0, 0.1) is 20.8 Å². The van der Waals surface area contributed by atoms with Crippen LogP contribution in [0.2, 0.25) is 0 Å². The number of rotatable bonds is 7. The molecule has 0 spiro atoms. The SMILES string of the molecule is COCCNC(=O)CNCc1c(C)cc(C)cc1C. The molecule has 4 nitrogen and oxygen atoms in total. The molecule has 4 heteroatoms. The van der Waals surface area contributed by atoms with Gasteiger partial charge in [-0.3, -0.25) is 4.79 Å². The summed E-state index contributed by atoms with van der Waals surface area (Å²) in [5.41, 5.74) is 5.08. The summed E-state index contributed by atoms with van der Waals surface area (Å²) >= 11 is 0. The summed E-state index contributed by atoms with van der Waals surface area (Å²) in [7, 11) is 1.62. The van der Waals surface area contributed by atoms with Crippen molar-refractivity contribution >= 4 is 5.91 Å². The maximum atomic E-state index is 11.5. The van der Waals surface area contributed by atoms with Crippen molar-refractivity contribution in [1.82, 2.24) is 10.6 Å². The molecule has 0 aliphatic rings. The van der Waals surface area contributed by atoms with Gasteiger partial charge in [0.1, 0.15) is 0 Å². The predicted molar refractivity (Wildman–Crippen MR) is 77.2 cm³/mol. The summed E-state index contributed by atoms with van der Waals surface area (Å²) in [6.07, 6.45) is 0. The van der Waals surface area contributed by atoms with E-state index in [0.717, 1.165) is 6.54 Å². The fourth-order valence-corrected chi connectivity index (χ4v) is 2.14. The number of methoxy groups -OCH3 is 1. The summed E-state index contributed by atoms with van der Waals surface area (Å²) in [5, 5.41) is 5.96. The number of amides is 1. The molecule has 0 atom stereocenters. The quantitative estimate of drug-likeness (QED) is 0.733. The topological polar surface area (TPSA) is 50.4 Å². The monoisotopic (exact) mass is 264 g/mol. The van der Waals surface area contributed by atoms with Crippen LogP contribution in [0.25, 0.3) is 0 Å². The second-order valence-electron chi connectivity index (χ2n) is 4.82. The Morgan fingerprint density at radius 2 is 1.84 bits per heavy atom. The summed E-state index contributed by atoms with van der Waals surface area (Å²) < 4.78 is 4.87. The minimum atomic E-state index is -0.000493. The number of aryl methyl sites for hydroxylation is 3. The first-order valence-corrected chi connectivity index (χ1v) is 6.57. The first-order valence-electron chi connectivity index (χ1n) is 6.57.